The number of nitrogens with zero attached hydrogens (tertiary/aromatic N) is 3. The molecule has 1 aliphatic heterocycles. The van der Waals surface area contributed by atoms with Crippen LogP contribution in [0.1, 0.15) is 27.3 Å². The molecule has 2 heterocycles. The number of aromatic nitrogens is 1. The first-order chi connectivity index (χ1) is 20.8. The van der Waals surface area contributed by atoms with Gasteiger partial charge in [-0.05, 0) is 41.5 Å². The van der Waals surface area contributed by atoms with Crippen molar-refractivity contribution in [3.05, 3.63) is 148 Å². The highest BCUT2D eigenvalue weighted by atomic mass is 32.2. The van der Waals surface area contributed by atoms with Gasteiger partial charge in [-0.1, -0.05) is 66.7 Å². The number of thiazole rings is 1. The van der Waals surface area contributed by atoms with Crippen LogP contribution in [0, 0.1) is 11.6 Å². The highest BCUT2D eigenvalue weighted by molar-refractivity contribution is 7.89. The zero-order chi connectivity index (χ0) is 30.0. The number of benzene rings is 4. The summed E-state index contributed by atoms with van der Waals surface area (Å²) < 4.78 is 57.9. The fourth-order valence-corrected chi connectivity index (χ4v) is 6.99. The van der Waals surface area contributed by atoms with Crippen LogP contribution in [-0.4, -0.2) is 23.6 Å². The van der Waals surface area contributed by atoms with E-state index >= 15 is 0 Å². The molecule has 1 amide bonds. The molecule has 0 fully saturated rings. The average molecular weight is 614 g/mol. The lowest BCUT2D eigenvalue weighted by molar-refractivity contribution is -0.113. The van der Waals surface area contributed by atoms with E-state index in [1.165, 1.54) is 29.5 Å². The molecule has 4 aromatic carbocycles. The normalized spacial score (nSPS) is 14.1. The minimum Gasteiger partial charge on any atom is -0.303 e. The summed E-state index contributed by atoms with van der Waals surface area (Å²) in [6.07, 6.45) is 3.30. The van der Waals surface area contributed by atoms with Gasteiger partial charge in [-0.15, -0.1) is 11.3 Å². The van der Waals surface area contributed by atoms with Gasteiger partial charge in [0.1, 0.15) is 16.6 Å². The molecule has 10 heteroatoms. The van der Waals surface area contributed by atoms with E-state index < -0.39 is 21.7 Å². The summed E-state index contributed by atoms with van der Waals surface area (Å²) in [5.41, 5.74) is 3.03. The summed E-state index contributed by atoms with van der Waals surface area (Å²) in [5, 5.41) is 2.41. The van der Waals surface area contributed by atoms with Crippen LogP contribution in [0.2, 0.25) is 0 Å². The second-order valence-corrected chi connectivity index (χ2v) is 12.8. The number of carbonyl (C=O) groups is 1. The Bertz CT molecular complexity index is 1910. The summed E-state index contributed by atoms with van der Waals surface area (Å²) in [4.78, 5) is 19.6. The Kier molecular flexibility index (Phi) is 7.98. The van der Waals surface area contributed by atoms with Crippen LogP contribution in [0.15, 0.2) is 114 Å². The van der Waals surface area contributed by atoms with Crippen molar-refractivity contribution in [2.75, 3.05) is 4.90 Å². The van der Waals surface area contributed by atoms with Crippen LogP contribution in [0.3, 0.4) is 0 Å². The lowest BCUT2D eigenvalue weighted by Gasteiger charge is -2.23. The van der Waals surface area contributed by atoms with Crippen molar-refractivity contribution >= 4 is 44.6 Å². The number of carbonyl (C=O) groups excluding carboxylic acids is 1. The van der Waals surface area contributed by atoms with E-state index in [1.807, 2.05) is 36.4 Å². The number of fused-ring (bicyclic) bond motifs is 1. The molecule has 0 N–H and O–H groups in total. The maximum Gasteiger partial charge on any atom is 0.259 e. The van der Waals surface area contributed by atoms with Crippen LogP contribution >= 0.6 is 11.3 Å². The Balaban J connectivity index is 1.43. The lowest BCUT2D eigenvalue weighted by atomic mass is 10.1. The highest BCUT2D eigenvalue weighted by Crippen LogP contribution is 2.41. The molecule has 0 spiro atoms. The molecular weight excluding hydrogens is 589 g/mol. The summed E-state index contributed by atoms with van der Waals surface area (Å²) >= 11 is 1.36. The van der Waals surface area contributed by atoms with E-state index in [0.29, 0.717) is 33.9 Å². The minimum absolute atomic E-state index is 0.0376. The molecule has 0 saturated heterocycles. The van der Waals surface area contributed by atoms with E-state index in [2.05, 4.69) is 4.98 Å². The fourth-order valence-electron chi connectivity index (χ4n) is 4.99. The smallest absolute Gasteiger partial charge is 0.259 e. The Hall–Kier alpha value is -4.51. The summed E-state index contributed by atoms with van der Waals surface area (Å²) in [6.45, 7) is -0.0583. The van der Waals surface area contributed by atoms with E-state index in [-0.39, 0.29) is 29.5 Å². The van der Waals surface area contributed by atoms with Gasteiger partial charge >= 0.3 is 0 Å². The standard InChI is InChI=1S/C33H25F2N3O3S2/c34-26-12-11-25(30(35)17-26)22-37(20-23-7-3-1-4-8-23)43(40,41)27-13-14-31-28(18-27)29(19-32-36-15-16-42-32)33(39)38(31)21-24-9-5-2-6-10-24/h1-19H,20-22H2/b29-19+. The van der Waals surface area contributed by atoms with Gasteiger partial charge < -0.3 is 4.90 Å². The molecule has 0 unspecified atom stereocenters. The maximum atomic E-state index is 14.7. The van der Waals surface area contributed by atoms with Crippen molar-refractivity contribution < 1.29 is 22.0 Å². The molecule has 6 rings (SSSR count). The van der Waals surface area contributed by atoms with E-state index in [1.54, 1.807) is 52.9 Å². The molecule has 0 atom stereocenters. The summed E-state index contributed by atoms with van der Waals surface area (Å²) in [6, 6.07) is 26.1. The van der Waals surface area contributed by atoms with Crippen molar-refractivity contribution in [3.63, 3.8) is 0 Å². The number of sulfonamides is 1. The van der Waals surface area contributed by atoms with Gasteiger partial charge in [-0.2, -0.15) is 4.31 Å². The molecule has 0 aliphatic carbocycles. The van der Waals surface area contributed by atoms with E-state index in [0.717, 1.165) is 22.0 Å². The van der Waals surface area contributed by atoms with Gasteiger partial charge in [0, 0.05) is 41.9 Å². The third-order valence-electron chi connectivity index (χ3n) is 7.13. The number of rotatable bonds is 9. The molecule has 5 aromatic rings. The Morgan fingerprint density at radius 2 is 1.58 bits per heavy atom. The summed E-state index contributed by atoms with van der Waals surface area (Å²) in [7, 11) is -4.22. The molecule has 43 heavy (non-hydrogen) atoms. The molecule has 0 radical (unpaired) electrons. The predicted octanol–water partition coefficient (Wildman–Crippen LogP) is 6.90. The Morgan fingerprint density at radius 3 is 2.26 bits per heavy atom. The number of hydrogen-bond acceptors (Lipinski definition) is 5. The third kappa shape index (κ3) is 6.03. The SMILES string of the molecule is O=C1/C(=C/c2nccs2)c2cc(S(=O)(=O)N(Cc3ccccc3)Cc3ccc(F)cc3F)ccc2N1Cc1ccccc1. The molecule has 1 aliphatic rings. The van der Waals surface area contributed by atoms with Crippen LogP contribution < -0.4 is 4.90 Å². The predicted molar refractivity (Wildman–Crippen MR) is 163 cm³/mol. The quantitative estimate of drug-likeness (QED) is 0.170. The Morgan fingerprint density at radius 1 is 0.860 bits per heavy atom. The van der Waals surface area contributed by atoms with E-state index in [9.17, 15) is 22.0 Å². The first-order valence-corrected chi connectivity index (χ1v) is 15.7. The van der Waals surface area contributed by atoms with E-state index in [4.69, 9.17) is 0 Å². The molecule has 6 nitrogen and oxygen atoms in total. The summed E-state index contributed by atoms with van der Waals surface area (Å²) in [5.74, 6) is -1.85. The molecule has 0 bridgehead atoms. The first-order valence-electron chi connectivity index (χ1n) is 13.4. The minimum atomic E-state index is -4.22. The average Bonchev–Trinajstić information content (AvgIpc) is 3.62. The van der Waals surface area contributed by atoms with Crippen LogP contribution in [0.5, 0.6) is 0 Å². The number of hydrogen-bond donors (Lipinski definition) is 0. The van der Waals surface area contributed by atoms with Gasteiger partial charge in [-0.25, -0.2) is 22.2 Å². The molecule has 0 saturated carbocycles. The molecule has 216 valence electrons. The largest absolute Gasteiger partial charge is 0.303 e. The van der Waals surface area contributed by atoms with Gasteiger partial charge in [0.15, 0.2) is 0 Å². The van der Waals surface area contributed by atoms with Crippen molar-refractivity contribution in [2.24, 2.45) is 0 Å². The first kappa shape index (κ1) is 28.6. The highest BCUT2D eigenvalue weighted by Gasteiger charge is 2.35. The zero-order valence-electron chi connectivity index (χ0n) is 22.7. The van der Waals surface area contributed by atoms with Gasteiger partial charge in [0.25, 0.3) is 5.91 Å². The lowest BCUT2D eigenvalue weighted by Crippen LogP contribution is -2.30. The monoisotopic (exact) mass is 613 g/mol. The van der Waals surface area contributed by atoms with Gasteiger partial charge in [0.2, 0.25) is 10.0 Å². The van der Waals surface area contributed by atoms with Crippen LogP contribution in [0.25, 0.3) is 11.6 Å². The third-order valence-corrected chi connectivity index (χ3v) is 9.64. The topological polar surface area (TPSA) is 70.6 Å². The Labute approximate surface area is 252 Å². The van der Waals surface area contributed by atoms with Crippen LogP contribution in [-0.2, 0) is 34.5 Å². The number of amides is 1. The van der Waals surface area contributed by atoms with Gasteiger partial charge in [-0.3, -0.25) is 4.79 Å². The van der Waals surface area contributed by atoms with Crippen molar-refractivity contribution in [3.8, 4) is 0 Å². The number of halogens is 2. The van der Waals surface area contributed by atoms with Crippen LogP contribution in [0.4, 0.5) is 14.5 Å². The second-order valence-electron chi connectivity index (χ2n) is 9.98. The maximum absolute atomic E-state index is 14.7. The molecular formula is C33H25F2N3O3S2. The van der Waals surface area contributed by atoms with Crippen molar-refractivity contribution in [1.29, 1.82) is 0 Å². The zero-order valence-corrected chi connectivity index (χ0v) is 24.4. The fraction of sp³-hybridized carbons (Fsp3) is 0.0909. The molecule has 1 aromatic heterocycles. The van der Waals surface area contributed by atoms with Crippen molar-refractivity contribution in [1.82, 2.24) is 9.29 Å². The van der Waals surface area contributed by atoms with Crippen molar-refractivity contribution in [2.45, 2.75) is 24.5 Å². The van der Waals surface area contributed by atoms with Gasteiger partial charge in [0.05, 0.1) is 22.7 Å². The second kappa shape index (κ2) is 12.0. The number of anilines is 1.